The molecule has 3 nitrogen and oxygen atoms in total. The lowest BCUT2D eigenvalue weighted by atomic mass is 9.90. The molecule has 1 saturated heterocycles. The lowest BCUT2D eigenvalue weighted by Gasteiger charge is -2.24. The van der Waals surface area contributed by atoms with E-state index in [9.17, 15) is 4.79 Å². The van der Waals surface area contributed by atoms with Crippen molar-refractivity contribution in [3.63, 3.8) is 0 Å². The highest BCUT2D eigenvalue weighted by Crippen LogP contribution is 2.35. The van der Waals surface area contributed by atoms with Gasteiger partial charge in [0.1, 0.15) is 0 Å². The minimum Gasteiger partial charge on any atom is -0.462 e. The molecule has 1 heterocycles. The third-order valence-corrected chi connectivity index (χ3v) is 4.43. The number of hydrogen-bond acceptors (Lipinski definition) is 3. The minimum atomic E-state index is -0.210. The monoisotopic (exact) mass is 303 g/mol. The summed E-state index contributed by atoms with van der Waals surface area (Å²) in [6.07, 6.45) is 4.61. The van der Waals surface area contributed by atoms with Crippen LogP contribution in [0.3, 0.4) is 0 Å². The summed E-state index contributed by atoms with van der Waals surface area (Å²) < 4.78 is 5.45. The van der Waals surface area contributed by atoms with E-state index >= 15 is 0 Å². The van der Waals surface area contributed by atoms with E-state index in [0.29, 0.717) is 23.6 Å². The molecule has 0 amide bonds. The van der Waals surface area contributed by atoms with Crippen LogP contribution in [0.15, 0.2) is 30.3 Å². The molecular formula is C19H29NO2. The topological polar surface area (TPSA) is 29.5 Å². The van der Waals surface area contributed by atoms with Crippen LogP contribution in [-0.4, -0.2) is 36.6 Å². The molecule has 1 fully saturated rings. The van der Waals surface area contributed by atoms with Crippen molar-refractivity contribution in [1.82, 2.24) is 4.90 Å². The number of likely N-dealkylation sites (tertiary alicyclic amines) is 1. The van der Waals surface area contributed by atoms with Gasteiger partial charge in [0.15, 0.2) is 0 Å². The van der Waals surface area contributed by atoms with E-state index in [4.69, 9.17) is 4.74 Å². The smallest absolute Gasteiger partial charge is 0.338 e. The van der Waals surface area contributed by atoms with Gasteiger partial charge in [0, 0.05) is 12.6 Å². The molecule has 122 valence electrons. The molecule has 0 bridgehead atoms. The fourth-order valence-corrected chi connectivity index (χ4v) is 3.36. The Morgan fingerprint density at radius 3 is 2.73 bits per heavy atom. The van der Waals surface area contributed by atoms with Gasteiger partial charge in [-0.3, -0.25) is 4.90 Å². The van der Waals surface area contributed by atoms with Crippen LogP contribution in [0.5, 0.6) is 0 Å². The SMILES string of the molecule is CCCCN1CC(C)(C)CC1CCOC(=O)c1ccccc1. The summed E-state index contributed by atoms with van der Waals surface area (Å²) in [6, 6.07) is 9.78. The Morgan fingerprint density at radius 2 is 2.05 bits per heavy atom. The Morgan fingerprint density at radius 1 is 1.32 bits per heavy atom. The van der Waals surface area contributed by atoms with Gasteiger partial charge in [0.05, 0.1) is 12.2 Å². The van der Waals surface area contributed by atoms with Crippen LogP contribution in [0.4, 0.5) is 0 Å². The molecule has 0 N–H and O–H groups in total. The molecule has 1 aliphatic rings. The van der Waals surface area contributed by atoms with Crippen LogP contribution in [0, 0.1) is 5.41 Å². The average Bonchev–Trinajstić information content (AvgIpc) is 2.80. The molecule has 3 heteroatoms. The summed E-state index contributed by atoms with van der Waals surface area (Å²) in [4.78, 5) is 14.5. The highest BCUT2D eigenvalue weighted by Gasteiger charge is 2.36. The van der Waals surface area contributed by atoms with Crippen molar-refractivity contribution in [2.75, 3.05) is 19.7 Å². The average molecular weight is 303 g/mol. The Balaban J connectivity index is 1.80. The van der Waals surface area contributed by atoms with Crippen molar-refractivity contribution >= 4 is 5.97 Å². The molecule has 1 unspecified atom stereocenters. The second-order valence-electron chi connectivity index (χ2n) is 7.14. The van der Waals surface area contributed by atoms with Crippen LogP contribution >= 0.6 is 0 Å². The maximum Gasteiger partial charge on any atom is 0.338 e. The number of carbonyl (C=O) groups excluding carboxylic acids is 1. The molecule has 22 heavy (non-hydrogen) atoms. The number of ether oxygens (including phenoxy) is 1. The molecule has 0 saturated carbocycles. The van der Waals surface area contributed by atoms with Crippen molar-refractivity contribution < 1.29 is 9.53 Å². The molecule has 0 aromatic heterocycles. The van der Waals surface area contributed by atoms with Crippen molar-refractivity contribution in [3.05, 3.63) is 35.9 Å². The van der Waals surface area contributed by atoms with Crippen LogP contribution < -0.4 is 0 Å². The standard InChI is InChI=1S/C19H29NO2/c1-4-5-12-20-15-19(2,3)14-17(20)11-13-22-18(21)16-9-7-6-8-10-16/h6-10,17H,4-5,11-15H2,1-3H3. The minimum absolute atomic E-state index is 0.210. The van der Waals surface area contributed by atoms with Gasteiger partial charge in [-0.05, 0) is 43.4 Å². The number of benzene rings is 1. The van der Waals surface area contributed by atoms with E-state index in [-0.39, 0.29) is 5.97 Å². The van der Waals surface area contributed by atoms with E-state index in [1.165, 1.54) is 19.3 Å². The number of hydrogen-bond donors (Lipinski definition) is 0. The van der Waals surface area contributed by atoms with Gasteiger partial charge in [-0.15, -0.1) is 0 Å². The predicted octanol–water partition coefficient (Wildman–Crippen LogP) is 4.13. The summed E-state index contributed by atoms with van der Waals surface area (Å²) in [5, 5.41) is 0. The highest BCUT2D eigenvalue weighted by atomic mass is 16.5. The van der Waals surface area contributed by atoms with Gasteiger partial charge >= 0.3 is 5.97 Å². The van der Waals surface area contributed by atoms with Crippen LogP contribution in [0.25, 0.3) is 0 Å². The van der Waals surface area contributed by atoms with E-state index in [0.717, 1.165) is 19.5 Å². The molecule has 1 aromatic carbocycles. The van der Waals surface area contributed by atoms with Crippen LogP contribution in [0.1, 0.15) is 56.8 Å². The third kappa shape index (κ3) is 4.84. The first-order valence-corrected chi connectivity index (χ1v) is 8.48. The Hall–Kier alpha value is -1.35. The number of unbranched alkanes of at least 4 members (excludes halogenated alkanes) is 1. The molecule has 0 spiro atoms. The number of rotatable bonds is 7. The summed E-state index contributed by atoms with van der Waals surface area (Å²) in [6.45, 7) is 9.74. The molecule has 1 aromatic rings. The van der Waals surface area contributed by atoms with Crippen molar-refractivity contribution in [2.45, 2.75) is 52.5 Å². The lowest BCUT2D eigenvalue weighted by Crippen LogP contribution is -2.32. The van der Waals surface area contributed by atoms with Gasteiger partial charge in [-0.2, -0.15) is 0 Å². The zero-order valence-corrected chi connectivity index (χ0v) is 14.2. The molecule has 1 atom stereocenters. The summed E-state index contributed by atoms with van der Waals surface area (Å²) in [5.74, 6) is -0.210. The first-order chi connectivity index (χ1) is 10.5. The van der Waals surface area contributed by atoms with Gasteiger partial charge in [0.25, 0.3) is 0 Å². The quantitative estimate of drug-likeness (QED) is 0.709. The zero-order valence-electron chi connectivity index (χ0n) is 14.2. The van der Waals surface area contributed by atoms with E-state index in [2.05, 4.69) is 25.7 Å². The number of carbonyl (C=O) groups is 1. The van der Waals surface area contributed by atoms with Gasteiger partial charge in [-0.25, -0.2) is 4.79 Å². The maximum atomic E-state index is 12.0. The highest BCUT2D eigenvalue weighted by molar-refractivity contribution is 5.89. The predicted molar refractivity (Wildman–Crippen MR) is 90.0 cm³/mol. The van der Waals surface area contributed by atoms with Crippen molar-refractivity contribution in [2.24, 2.45) is 5.41 Å². The third-order valence-electron chi connectivity index (χ3n) is 4.43. The second-order valence-corrected chi connectivity index (χ2v) is 7.14. The van der Waals surface area contributed by atoms with Crippen LogP contribution in [-0.2, 0) is 4.74 Å². The van der Waals surface area contributed by atoms with Gasteiger partial charge in [0.2, 0.25) is 0 Å². The Bertz CT molecular complexity index is 470. The first kappa shape index (κ1) is 17.0. The molecule has 0 aliphatic carbocycles. The summed E-state index contributed by atoms with van der Waals surface area (Å²) >= 11 is 0. The van der Waals surface area contributed by atoms with Gasteiger partial charge < -0.3 is 4.74 Å². The maximum absolute atomic E-state index is 12.0. The largest absolute Gasteiger partial charge is 0.462 e. The fraction of sp³-hybridized carbons (Fsp3) is 0.632. The second kappa shape index (κ2) is 7.77. The zero-order chi connectivity index (χ0) is 16.0. The fourth-order valence-electron chi connectivity index (χ4n) is 3.36. The molecule has 0 radical (unpaired) electrons. The first-order valence-electron chi connectivity index (χ1n) is 8.48. The normalized spacial score (nSPS) is 21.0. The van der Waals surface area contributed by atoms with E-state index in [1.54, 1.807) is 12.1 Å². The molecule has 1 aliphatic heterocycles. The van der Waals surface area contributed by atoms with E-state index < -0.39 is 0 Å². The molecule has 2 rings (SSSR count). The van der Waals surface area contributed by atoms with Crippen LogP contribution in [0.2, 0.25) is 0 Å². The lowest BCUT2D eigenvalue weighted by molar-refractivity contribution is 0.0471. The number of nitrogens with zero attached hydrogens (tertiary/aromatic N) is 1. The number of esters is 1. The van der Waals surface area contributed by atoms with Crippen molar-refractivity contribution in [3.8, 4) is 0 Å². The van der Waals surface area contributed by atoms with Crippen molar-refractivity contribution in [1.29, 1.82) is 0 Å². The summed E-state index contributed by atoms with van der Waals surface area (Å²) in [5.41, 5.74) is 1.01. The van der Waals surface area contributed by atoms with E-state index in [1.807, 2.05) is 18.2 Å². The summed E-state index contributed by atoms with van der Waals surface area (Å²) in [7, 11) is 0. The Kier molecular flexibility index (Phi) is 6.01. The molecular weight excluding hydrogens is 274 g/mol. The Labute approximate surface area is 134 Å². The van der Waals surface area contributed by atoms with Gasteiger partial charge in [-0.1, -0.05) is 45.4 Å².